The molecule has 0 amide bonds. The van der Waals surface area contributed by atoms with Crippen LogP contribution in [-0.2, 0) is 12.7 Å². The largest absolute Gasteiger partial charge is 0.416 e. The zero-order valence-corrected chi connectivity index (χ0v) is 11.5. The van der Waals surface area contributed by atoms with Crippen LogP contribution in [0.4, 0.5) is 13.2 Å². The van der Waals surface area contributed by atoms with Gasteiger partial charge in [0.15, 0.2) is 0 Å². The van der Waals surface area contributed by atoms with Crippen LogP contribution in [0.25, 0.3) is 0 Å². The molecule has 1 aliphatic rings. The lowest BCUT2D eigenvalue weighted by Gasteiger charge is -2.21. The fraction of sp³-hybridized carbons (Fsp3) is 0.571. The number of nitrogens with one attached hydrogen (secondary N) is 1. The Hall–Kier alpha value is -0.680. The van der Waals surface area contributed by atoms with Crippen LogP contribution in [0.1, 0.15) is 30.4 Å². The van der Waals surface area contributed by atoms with Gasteiger partial charge in [0.25, 0.3) is 0 Å². The lowest BCUT2D eigenvalue weighted by Crippen LogP contribution is -2.26. The molecule has 5 heteroatoms. The molecule has 106 valence electrons. The Morgan fingerprint density at radius 2 is 2.11 bits per heavy atom. The van der Waals surface area contributed by atoms with Crippen LogP contribution in [0.5, 0.6) is 0 Å². The summed E-state index contributed by atoms with van der Waals surface area (Å²) in [6.07, 6.45) is -0.493. The van der Waals surface area contributed by atoms with Gasteiger partial charge < -0.3 is 5.32 Å². The Kier molecular flexibility index (Phi) is 5.16. The van der Waals surface area contributed by atoms with Crippen LogP contribution in [0.2, 0.25) is 0 Å². The molecule has 1 aliphatic heterocycles. The van der Waals surface area contributed by atoms with Gasteiger partial charge in [-0.15, -0.1) is 0 Å². The molecule has 0 aromatic heterocycles. The lowest BCUT2D eigenvalue weighted by atomic mass is 10.1. The number of halogens is 3. The van der Waals surface area contributed by atoms with Crippen molar-refractivity contribution in [1.29, 1.82) is 0 Å². The van der Waals surface area contributed by atoms with Gasteiger partial charge >= 0.3 is 6.18 Å². The first-order chi connectivity index (χ1) is 9.05. The molecule has 0 bridgehead atoms. The average Bonchev–Trinajstić information content (AvgIpc) is 2.39. The smallest absolute Gasteiger partial charge is 0.312 e. The van der Waals surface area contributed by atoms with E-state index >= 15 is 0 Å². The molecule has 2 rings (SSSR count). The van der Waals surface area contributed by atoms with Crippen LogP contribution < -0.4 is 5.32 Å². The Balaban J connectivity index is 1.82. The van der Waals surface area contributed by atoms with E-state index in [0.29, 0.717) is 17.4 Å². The molecule has 0 aliphatic carbocycles. The summed E-state index contributed by atoms with van der Waals surface area (Å²) < 4.78 is 37.7. The highest BCUT2D eigenvalue weighted by molar-refractivity contribution is 7.99. The van der Waals surface area contributed by atoms with E-state index in [9.17, 15) is 13.2 Å². The molecule has 1 saturated heterocycles. The van der Waals surface area contributed by atoms with Gasteiger partial charge in [-0.2, -0.15) is 24.9 Å². The first-order valence-electron chi connectivity index (χ1n) is 6.54. The van der Waals surface area contributed by atoms with E-state index in [-0.39, 0.29) is 0 Å². The highest BCUT2D eigenvalue weighted by atomic mass is 32.2. The van der Waals surface area contributed by atoms with E-state index in [0.717, 1.165) is 12.6 Å². The van der Waals surface area contributed by atoms with Gasteiger partial charge in [-0.1, -0.05) is 24.6 Å². The third-order valence-corrected chi connectivity index (χ3v) is 4.63. The van der Waals surface area contributed by atoms with Crippen molar-refractivity contribution >= 4 is 11.8 Å². The lowest BCUT2D eigenvalue weighted by molar-refractivity contribution is -0.137. The molecule has 19 heavy (non-hydrogen) atoms. The second-order valence-electron chi connectivity index (χ2n) is 4.82. The Labute approximate surface area is 116 Å². The van der Waals surface area contributed by atoms with Crippen LogP contribution in [0.15, 0.2) is 24.3 Å². The number of rotatable bonds is 4. The number of thioether (sulfide) groups is 1. The van der Waals surface area contributed by atoms with Crippen molar-refractivity contribution in [2.45, 2.75) is 37.2 Å². The van der Waals surface area contributed by atoms with Gasteiger partial charge in [-0.3, -0.25) is 0 Å². The van der Waals surface area contributed by atoms with Gasteiger partial charge in [0.05, 0.1) is 5.56 Å². The Bertz CT molecular complexity index is 400. The number of hydrogen-bond acceptors (Lipinski definition) is 2. The predicted molar refractivity (Wildman–Crippen MR) is 73.2 cm³/mol. The fourth-order valence-corrected chi connectivity index (χ4v) is 3.48. The molecule has 0 radical (unpaired) electrons. The first kappa shape index (κ1) is 14.7. The molecule has 1 unspecified atom stereocenters. The zero-order valence-electron chi connectivity index (χ0n) is 10.7. The normalized spacial score (nSPS) is 20.5. The predicted octanol–water partition coefficient (Wildman–Crippen LogP) is 4.08. The first-order valence-corrected chi connectivity index (χ1v) is 7.59. The van der Waals surface area contributed by atoms with Gasteiger partial charge in [0, 0.05) is 18.3 Å². The van der Waals surface area contributed by atoms with E-state index < -0.39 is 11.7 Å². The number of hydrogen-bond donors (Lipinski definition) is 1. The summed E-state index contributed by atoms with van der Waals surface area (Å²) >= 11 is 1.96. The minimum Gasteiger partial charge on any atom is -0.312 e. The van der Waals surface area contributed by atoms with Crippen LogP contribution in [0.3, 0.4) is 0 Å². The molecule has 0 saturated carbocycles. The summed E-state index contributed by atoms with van der Waals surface area (Å²) in [6, 6.07) is 5.53. The van der Waals surface area contributed by atoms with Crippen molar-refractivity contribution in [2.75, 3.05) is 12.3 Å². The minimum atomic E-state index is -4.25. The maximum atomic E-state index is 12.6. The van der Waals surface area contributed by atoms with Gasteiger partial charge in [-0.05, 0) is 30.2 Å². The topological polar surface area (TPSA) is 12.0 Å². The summed E-state index contributed by atoms with van der Waals surface area (Å²) in [5.41, 5.74) is 0.120. The minimum absolute atomic E-state index is 0.501. The molecular weight excluding hydrogens is 271 g/mol. The highest BCUT2D eigenvalue weighted by Gasteiger charge is 2.30. The molecule has 0 spiro atoms. The van der Waals surface area contributed by atoms with Gasteiger partial charge in [0.1, 0.15) is 0 Å². The van der Waals surface area contributed by atoms with Crippen LogP contribution >= 0.6 is 11.8 Å². The average molecular weight is 289 g/mol. The maximum Gasteiger partial charge on any atom is 0.416 e. The fourth-order valence-electron chi connectivity index (χ4n) is 2.20. The third kappa shape index (κ3) is 4.73. The molecule has 1 aromatic carbocycles. The summed E-state index contributed by atoms with van der Waals surface area (Å²) in [7, 11) is 0. The Morgan fingerprint density at radius 3 is 2.79 bits per heavy atom. The molecule has 1 fully saturated rings. The van der Waals surface area contributed by atoms with Crippen molar-refractivity contribution in [3.05, 3.63) is 35.4 Å². The van der Waals surface area contributed by atoms with Crippen LogP contribution in [-0.4, -0.2) is 17.5 Å². The van der Waals surface area contributed by atoms with Crippen LogP contribution in [0, 0.1) is 0 Å². The second kappa shape index (κ2) is 6.66. The standard InChI is InChI=1S/C14H18F3NS/c15-14(16,17)12-5-3-4-11(8-12)9-18-10-13-6-1-2-7-19-13/h3-5,8,13,18H,1-2,6-7,9-10H2. The van der Waals surface area contributed by atoms with E-state index in [2.05, 4.69) is 5.32 Å². The second-order valence-corrected chi connectivity index (χ2v) is 6.23. The third-order valence-electron chi connectivity index (χ3n) is 3.23. The molecule has 1 nitrogen and oxygen atoms in total. The molecule has 1 heterocycles. The Morgan fingerprint density at radius 1 is 1.26 bits per heavy atom. The summed E-state index contributed by atoms with van der Waals surface area (Å²) in [4.78, 5) is 0. The van der Waals surface area contributed by atoms with E-state index in [1.165, 1.54) is 37.1 Å². The highest BCUT2D eigenvalue weighted by Crippen LogP contribution is 2.29. The van der Waals surface area contributed by atoms with E-state index in [4.69, 9.17) is 0 Å². The van der Waals surface area contributed by atoms with Gasteiger partial charge in [-0.25, -0.2) is 0 Å². The monoisotopic (exact) mass is 289 g/mol. The number of alkyl halides is 3. The van der Waals surface area contributed by atoms with Crippen molar-refractivity contribution < 1.29 is 13.2 Å². The molecule has 1 N–H and O–H groups in total. The maximum absolute atomic E-state index is 12.6. The van der Waals surface area contributed by atoms with Crippen molar-refractivity contribution in [3.8, 4) is 0 Å². The van der Waals surface area contributed by atoms with E-state index in [1.807, 2.05) is 11.8 Å². The summed E-state index contributed by atoms with van der Waals surface area (Å²) in [5, 5.41) is 3.87. The van der Waals surface area contributed by atoms with Gasteiger partial charge in [0.2, 0.25) is 0 Å². The molecular formula is C14H18F3NS. The molecule has 1 atom stereocenters. The SMILES string of the molecule is FC(F)(F)c1cccc(CNCC2CCCCS2)c1. The molecule has 1 aromatic rings. The zero-order chi connectivity index (χ0) is 13.7. The summed E-state index contributed by atoms with van der Waals surface area (Å²) in [6.45, 7) is 1.38. The quantitative estimate of drug-likeness (QED) is 0.896. The number of benzene rings is 1. The van der Waals surface area contributed by atoms with Crippen molar-refractivity contribution in [3.63, 3.8) is 0 Å². The van der Waals surface area contributed by atoms with E-state index in [1.54, 1.807) is 6.07 Å². The van der Waals surface area contributed by atoms with Crippen molar-refractivity contribution in [2.24, 2.45) is 0 Å². The van der Waals surface area contributed by atoms with Crippen molar-refractivity contribution in [1.82, 2.24) is 5.32 Å². The summed E-state index contributed by atoms with van der Waals surface area (Å²) in [5.74, 6) is 1.20.